The normalized spacial score (nSPS) is 11.6. The standard InChI is InChI=1S/C22H28ClN3O3S/c1-4-15-26(30(28,29)21-12-10-20(23)11-13-21)17-18-6-8-19(9-7-18)22(27)24-14-5-16-25(2)3/h4,6-13H,1,5,14-17H2,2-3H3,(H,24,27). The van der Waals surface area contributed by atoms with Crippen LogP contribution in [0.4, 0.5) is 0 Å². The van der Waals surface area contributed by atoms with E-state index in [9.17, 15) is 13.2 Å². The Morgan fingerprint density at radius 2 is 1.73 bits per heavy atom. The molecule has 6 nitrogen and oxygen atoms in total. The summed E-state index contributed by atoms with van der Waals surface area (Å²) in [6, 6.07) is 13.0. The fourth-order valence-electron chi connectivity index (χ4n) is 2.81. The number of carbonyl (C=O) groups is 1. The topological polar surface area (TPSA) is 69.7 Å². The third-order valence-corrected chi connectivity index (χ3v) is 6.50. The minimum Gasteiger partial charge on any atom is -0.352 e. The maximum absolute atomic E-state index is 13.0. The summed E-state index contributed by atoms with van der Waals surface area (Å²) in [5.74, 6) is -0.142. The number of benzene rings is 2. The van der Waals surface area contributed by atoms with E-state index in [0.29, 0.717) is 17.1 Å². The largest absolute Gasteiger partial charge is 0.352 e. The maximum atomic E-state index is 13.0. The van der Waals surface area contributed by atoms with Gasteiger partial charge in [0.15, 0.2) is 0 Å². The highest BCUT2D eigenvalue weighted by Gasteiger charge is 2.23. The molecule has 0 heterocycles. The van der Waals surface area contributed by atoms with Gasteiger partial charge in [0.25, 0.3) is 5.91 Å². The van der Waals surface area contributed by atoms with E-state index in [1.54, 1.807) is 42.5 Å². The number of nitrogens with one attached hydrogen (secondary N) is 1. The third kappa shape index (κ3) is 6.95. The summed E-state index contributed by atoms with van der Waals surface area (Å²) in [7, 11) is 0.272. The van der Waals surface area contributed by atoms with Gasteiger partial charge in [-0.05, 0) is 69.0 Å². The van der Waals surface area contributed by atoms with Crippen molar-refractivity contribution in [2.24, 2.45) is 0 Å². The fraction of sp³-hybridized carbons (Fsp3) is 0.318. The van der Waals surface area contributed by atoms with Crippen LogP contribution in [0.1, 0.15) is 22.3 Å². The Balaban J connectivity index is 2.06. The van der Waals surface area contributed by atoms with E-state index in [-0.39, 0.29) is 23.9 Å². The molecule has 0 bridgehead atoms. The van der Waals surface area contributed by atoms with Crippen LogP contribution in [-0.2, 0) is 16.6 Å². The second-order valence-electron chi connectivity index (χ2n) is 7.15. The third-order valence-electron chi connectivity index (χ3n) is 4.43. The molecule has 0 spiro atoms. The van der Waals surface area contributed by atoms with Crippen molar-refractivity contribution in [1.82, 2.24) is 14.5 Å². The van der Waals surface area contributed by atoms with Crippen molar-refractivity contribution in [3.63, 3.8) is 0 Å². The van der Waals surface area contributed by atoms with Gasteiger partial charge in [-0.15, -0.1) is 6.58 Å². The van der Waals surface area contributed by atoms with Gasteiger partial charge in [-0.1, -0.05) is 29.8 Å². The number of amides is 1. The van der Waals surface area contributed by atoms with Crippen LogP contribution < -0.4 is 5.32 Å². The van der Waals surface area contributed by atoms with Crippen LogP contribution in [0.2, 0.25) is 5.02 Å². The molecule has 2 aromatic carbocycles. The molecule has 0 unspecified atom stereocenters. The SMILES string of the molecule is C=CCN(Cc1ccc(C(=O)NCCCN(C)C)cc1)S(=O)(=O)c1ccc(Cl)cc1. The quantitative estimate of drug-likeness (QED) is 0.421. The lowest BCUT2D eigenvalue weighted by Crippen LogP contribution is -2.31. The van der Waals surface area contributed by atoms with Crippen molar-refractivity contribution in [3.8, 4) is 0 Å². The lowest BCUT2D eigenvalue weighted by molar-refractivity contribution is 0.0952. The van der Waals surface area contributed by atoms with E-state index in [1.807, 2.05) is 14.1 Å². The Labute approximate surface area is 184 Å². The number of hydrogen-bond donors (Lipinski definition) is 1. The molecule has 0 aliphatic heterocycles. The highest BCUT2D eigenvalue weighted by molar-refractivity contribution is 7.89. The van der Waals surface area contributed by atoms with Gasteiger partial charge in [0, 0.05) is 30.2 Å². The molecule has 0 fully saturated rings. The average Bonchev–Trinajstić information content (AvgIpc) is 2.71. The number of halogens is 1. The van der Waals surface area contributed by atoms with Crippen molar-refractivity contribution in [2.75, 3.05) is 33.7 Å². The first-order chi connectivity index (χ1) is 14.2. The number of rotatable bonds is 11. The molecule has 30 heavy (non-hydrogen) atoms. The van der Waals surface area contributed by atoms with Crippen LogP contribution in [0.3, 0.4) is 0 Å². The molecule has 1 amide bonds. The smallest absolute Gasteiger partial charge is 0.251 e. The zero-order chi connectivity index (χ0) is 22.1. The van der Waals surface area contributed by atoms with Gasteiger partial charge in [0.1, 0.15) is 0 Å². The minimum atomic E-state index is -3.71. The Hall–Kier alpha value is -2.19. The molecular formula is C22H28ClN3O3S. The molecule has 0 radical (unpaired) electrons. The zero-order valence-electron chi connectivity index (χ0n) is 17.3. The van der Waals surface area contributed by atoms with Gasteiger partial charge in [0.2, 0.25) is 10.0 Å². The van der Waals surface area contributed by atoms with Gasteiger partial charge in [-0.25, -0.2) is 8.42 Å². The van der Waals surface area contributed by atoms with Crippen LogP contribution in [0.25, 0.3) is 0 Å². The van der Waals surface area contributed by atoms with E-state index in [4.69, 9.17) is 11.6 Å². The Bertz CT molecular complexity index is 943. The molecule has 0 aliphatic carbocycles. The predicted octanol–water partition coefficient (Wildman–Crippen LogP) is 3.40. The summed E-state index contributed by atoms with van der Waals surface area (Å²) in [6.07, 6.45) is 2.42. The summed E-state index contributed by atoms with van der Waals surface area (Å²) in [5.41, 5.74) is 1.32. The molecule has 2 rings (SSSR count). The van der Waals surface area contributed by atoms with E-state index in [0.717, 1.165) is 18.5 Å². The molecule has 0 saturated carbocycles. The fourth-order valence-corrected chi connectivity index (χ4v) is 4.34. The van der Waals surface area contributed by atoms with E-state index in [2.05, 4.69) is 16.8 Å². The first kappa shape index (κ1) is 24.1. The minimum absolute atomic E-state index is 0.142. The van der Waals surface area contributed by atoms with Gasteiger partial charge >= 0.3 is 0 Å². The van der Waals surface area contributed by atoms with Crippen LogP contribution in [0.5, 0.6) is 0 Å². The maximum Gasteiger partial charge on any atom is 0.251 e. The number of nitrogens with zero attached hydrogens (tertiary/aromatic N) is 2. The Morgan fingerprint density at radius 3 is 2.30 bits per heavy atom. The molecule has 0 saturated heterocycles. The molecule has 1 N–H and O–H groups in total. The van der Waals surface area contributed by atoms with Gasteiger partial charge in [-0.3, -0.25) is 4.79 Å². The number of hydrogen-bond acceptors (Lipinski definition) is 4. The molecule has 0 aliphatic rings. The van der Waals surface area contributed by atoms with Gasteiger partial charge in [-0.2, -0.15) is 4.31 Å². The van der Waals surface area contributed by atoms with Crippen LogP contribution in [0, 0.1) is 0 Å². The second kappa shape index (κ2) is 11.3. The summed E-state index contributed by atoms with van der Waals surface area (Å²) in [4.78, 5) is 14.5. The Morgan fingerprint density at radius 1 is 1.10 bits per heavy atom. The molecule has 0 aromatic heterocycles. The first-order valence-corrected chi connectivity index (χ1v) is 11.4. The van der Waals surface area contributed by atoms with Crippen LogP contribution >= 0.6 is 11.6 Å². The van der Waals surface area contributed by atoms with Crippen LogP contribution in [0.15, 0.2) is 66.1 Å². The number of carbonyl (C=O) groups excluding carboxylic acids is 1. The van der Waals surface area contributed by atoms with Crippen molar-refractivity contribution in [2.45, 2.75) is 17.9 Å². The lowest BCUT2D eigenvalue weighted by Gasteiger charge is -2.21. The van der Waals surface area contributed by atoms with Gasteiger partial charge in [0.05, 0.1) is 4.90 Å². The van der Waals surface area contributed by atoms with Crippen molar-refractivity contribution < 1.29 is 13.2 Å². The predicted molar refractivity (Wildman–Crippen MR) is 121 cm³/mol. The highest BCUT2D eigenvalue weighted by atomic mass is 35.5. The first-order valence-electron chi connectivity index (χ1n) is 9.62. The lowest BCUT2D eigenvalue weighted by atomic mass is 10.1. The molecule has 2 aromatic rings. The molecule has 0 atom stereocenters. The summed E-state index contributed by atoms with van der Waals surface area (Å²) >= 11 is 5.87. The zero-order valence-corrected chi connectivity index (χ0v) is 18.9. The summed E-state index contributed by atoms with van der Waals surface area (Å²) < 4.78 is 27.3. The average molecular weight is 450 g/mol. The van der Waals surface area contributed by atoms with Crippen molar-refractivity contribution in [1.29, 1.82) is 0 Å². The van der Waals surface area contributed by atoms with Crippen molar-refractivity contribution in [3.05, 3.63) is 77.3 Å². The number of sulfonamides is 1. The summed E-state index contributed by atoms with van der Waals surface area (Å²) in [6.45, 7) is 5.50. The van der Waals surface area contributed by atoms with Gasteiger partial charge < -0.3 is 10.2 Å². The summed E-state index contributed by atoms with van der Waals surface area (Å²) in [5, 5.41) is 3.36. The highest BCUT2D eigenvalue weighted by Crippen LogP contribution is 2.20. The van der Waals surface area contributed by atoms with Crippen molar-refractivity contribution >= 4 is 27.5 Å². The Kier molecular flexibility index (Phi) is 9.05. The molecule has 162 valence electrons. The van der Waals surface area contributed by atoms with E-state index in [1.165, 1.54) is 16.4 Å². The molecular weight excluding hydrogens is 422 g/mol. The monoisotopic (exact) mass is 449 g/mol. The molecule has 8 heteroatoms. The second-order valence-corrected chi connectivity index (χ2v) is 9.52. The van der Waals surface area contributed by atoms with E-state index < -0.39 is 10.0 Å². The van der Waals surface area contributed by atoms with E-state index >= 15 is 0 Å². The van der Waals surface area contributed by atoms with Crippen LogP contribution in [-0.4, -0.2) is 57.3 Å².